The van der Waals surface area contributed by atoms with Crippen molar-refractivity contribution in [1.29, 1.82) is 0 Å². The summed E-state index contributed by atoms with van der Waals surface area (Å²) in [4.78, 5) is 8.74. The van der Waals surface area contributed by atoms with Crippen molar-refractivity contribution < 1.29 is 0 Å². The van der Waals surface area contributed by atoms with Crippen LogP contribution in [-0.4, -0.2) is 19.9 Å². The quantitative estimate of drug-likeness (QED) is 0.914. The van der Waals surface area contributed by atoms with Crippen LogP contribution in [0.4, 0.5) is 5.82 Å². The molecule has 0 fully saturated rings. The molecule has 4 heteroatoms. The van der Waals surface area contributed by atoms with Gasteiger partial charge in [0.1, 0.15) is 11.5 Å². The van der Waals surface area contributed by atoms with Gasteiger partial charge in [-0.3, -0.25) is 9.38 Å². The minimum absolute atomic E-state index is 0.0142. The Morgan fingerprint density at radius 3 is 2.68 bits per heavy atom. The normalized spacial score (nSPS) is 12.7. The molecular weight excluding hydrogens is 236 g/mol. The van der Waals surface area contributed by atoms with Crippen molar-refractivity contribution in [3.05, 3.63) is 30.4 Å². The highest BCUT2D eigenvalue weighted by atomic mass is 15.2. The number of fused-ring (bicyclic) bond motifs is 1. The molecule has 0 unspecified atom stereocenters. The van der Waals surface area contributed by atoms with Crippen LogP contribution >= 0.6 is 0 Å². The van der Waals surface area contributed by atoms with Gasteiger partial charge >= 0.3 is 0 Å². The molecule has 0 radical (unpaired) electrons. The standard InChI is InChI=1S/C15H22N4/c1-11(2)6-7-12-14(18-15(3,4)5)19-9-8-16-10-13(19)17-12/h6-11,18H,1-5H3/b7-6+. The van der Waals surface area contributed by atoms with Crippen LogP contribution in [0.25, 0.3) is 11.7 Å². The minimum atomic E-state index is -0.0142. The molecule has 0 bridgehead atoms. The molecule has 0 aromatic carbocycles. The maximum Gasteiger partial charge on any atom is 0.157 e. The predicted octanol–water partition coefficient (Wildman–Crippen LogP) is 3.61. The van der Waals surface area contributed by atoms with Gasteiger partial charge < -0.3 is 5.32 Å². The van der Waals surface area contributed by atoms with Gasteiger partial charge in [-0.15, -0.1) is 0 Å². The van der Waals surface area contributed by atoms with Crippen molar-refractivity contribution in [2.45, 2.75) is 40.2 Å². The third-order valence-electron chi connectivity index (χ3n) is 2.59. The lowest BCUT2D eigenvalue weighted by Crippen LogP contribution is -2.27. The highest BCUT2D eigenvalue weighted by molar-refractivity contribution is 5.66. The maximum atomic E-state index is 4.62. The number of aromatic nitrogens is 3. The van der Waals surface area contributed by atoms with E-state index in [1.807, 2.05) is 10.6 Å². The maximum absolute atomic E-state index is 4.62. The molecule has 19 heavy (non-hydrogen) atoms. The number of anilines is 1. The number of hydrogen-bond acceptors (Lipinski definition) is 3. The first kappa shape index (κ1) is 13.6. The van der Waals surface area contributed by atoms with Crippen molar-refractivity contribution in [3.63, 3.8) is 0 Å². The Hall–Kier alpha value is -1.84. The third kappa shape index (κ3) is 3.34. The van der Waals surface area contributed by atoms with E-state index in [2.05, 4.69) is 62.1 Å². The molecule has 2 aromatic rings. The average molecular weight is 258 g/mol. The number of nitrogens with one attached hydrogen (secondary N) is 1. The van der Waals surface area contributed by atoms with Crippen molar-refractivity contribution in [3.8, 4) is 0 Å². The summed E-state index contributed by atoms with van der Waals surface area (Å²) in [7, 11) is 0. The Bertz CT molecular complexity index is 588. The van der Waals surface area contributed by atoms with Crippen LogP contribution in [0.5, 0.6) is 0 Å². The summed E-state index contributed by atoms with van der Waals surface area (Å²) in [5.74, 6) is 1.52. The zero-order valence-electron chi connectivity index (χ0n) is 12.3. The molecule has 0 saturated heterocycles. The van der Waals surface area contributed by atoms with Gasteiger partial charge in [-0.05, 0) is 32.8 Å². The molecule has 2 rings (SSSR count). The van der Waals surface area contributed by atoms with Crippen molar-refractivity contribution in [2.75, 3.05) is 5.32 Å². The molecule has 0 spiro atoms. The summed E-state index contributed by atoms with van der Waals surface area (Å²) in [6.45, 7) is 10.7. The average Bonchev–Trinajstić information content (AvgIpc) is 2.63. The molecule has 0 aliphatic carbocycles. The number of rotatable bonds is 3. The van der Waals surface area contributed by atoms with Gasteiger partial charge in [-0.2, -0.15) is 0 Å². The summed E-state index contributed by atoms with van der Waals surface area (Å²) in [6, 6.07) is 0. The fourth-order valence-corrected chi connectivity index (χ4v) is 1.80. The topological polar surface area (TPSA) is 42.2 Å². The van der Waals surface area contributed by atoms with Gasteiger partial charge in [-0.1, -0.05) is 19.9 Å². The number of nitrogens with zero attached hydrogens (tertiary/aromatic N) is 3. The SMILES string of the molecule is CC(C)/C=C/c1nc2cnccn2c1NC(C)(C)C. The zero-order valence-corrected chi connectivity index (χ0v) is 12.3. The first-order valence-corrected chi connectivity index (χ1v) is 6.65. The Kier molecular flexibility index (Phi) is 3.60. The first-order chi connectivity index (χ1) is 8.87. The second kappa shape index (κ2) is 5.03. The van der Waals surface area contributed by atoms with Gasteiger partial charge in [0.05, 0.1) is 6.20 Å². The van der Waals surface area contributed by atoms with Gasteiger partial charge in [0.2, 0.25) is 0 Å². The van der Waals surface area contributed by atoms with E-state index in [0.29, 0.717) is 5.92 Å². The second-order valence-corrected chi connectivity index (χ2v) is 6.13. The molecule has 1 N–H and O–H groups in total. The number of imidazole rings is 1. The minimum Gasteiger partial charge on any atom is -0.365 e. The summed E-state index contributed by atoms with van der Waals surface area (Å²) >= 11 is 0. The molecular formula is C15H22N4. The van der Waals surface area contributed by atoms with E-state index in [0.717, 1.165) is 17.2 Å². The van der Waals surface area contributed by atoms with Gasteiger partial charge in [0.15, 0.2) is 5.65 Å². The molecule has 0 amide bonds. The van der Waals surface area contributed by atoms with Crippen molar-refractivity contribution in [2.24, 2.45) is 5.92 Å². The van der Waals surface area contributed by atoms with Crippen molar-refractivity contribution >= 4 is 17.5 Å². The summed E-state index contributed by atoms with van der Waals surface area (Å²) in [5.41, 5.74) is 1.80. The Labute approximate surface area is 114 Å². The molecule has 0 atom stereocenters. The van der Waals surface area contributed by atoms with Gasteiger partial charge in [0, 0.05) is 17.9 Å². The number of allylic oxidation sites excluding steroid dienone is 1. The molecule has 102 valence electrons. The number of hydrogen-bond donors (Lipinski definition) is 1. The summed E-state index contributed by atoms with van der Waals surface area (Å²) in [5, 5.41) is 3.52. The molecule has 2 heterocycles. The fourth-order valence-electron chi connectivity index (χ4n) is 1.80. The fraction of sp³-hybridized carbons (Fsp3) is 0.467. The van der Waals surface area contributed by atoms with E-state index in [1.165, 1.54) is 0 Å². The summed E-state index contributed by atoms with van der Waals surface area (Å²) < 4.78 is 2.04. The zero-order chi connectivity index (χ0) is 14.0. The van der Waals surface area contributed by atoms with Crippen LogP contribution in [0.3, 0.4) is 0 Å². The van der Waals surface area contributed by atoms with Crippen LogP contribution in [0, 0.1) is 5.92 Å². The molecule has 4 nitrogen and oxygen atoms in total. The van der Waals surface area contributed by atoms with Crippen LogP contribution in [-0.2, 0) is 0 Å². The molecule has 0 saturated carbocycles. The van der Waals surface area contributed by atoms with Crippen LogP contribution in [0.15, 0.2) is 24.7 Å². The Morgan fingerprint density at radius 2 is 2.05 bits per heavy atom. The molecule has 0 aliphatic heterocycles. The lowest BCUT2D eigenvalue weighted by molar-refractivity contribution is 0.629. The van der Waals surface area contributed by atoms with E-state index < -0.39 is 0 Å². The highest BCUT2D eigenvalue weighted by Crippen LogP contribution is 2.23. The Morgan fingerprint density at radius 1 is 1.32 bits per heavy atom. The van der Waals surface area contributed by atoms with Crippen molar-refractivity contribution in [1.82, 2.24) is 14.4 Å². The lowest BCUT2D eigenvalue weighted by atomic mass is 10.1. The van der Waals surface area contributed by atoms with Crippen LogP contribution in [0.2, 0.25) is 0 Å². The predicted molar refractivity (Wildman–Crippen MR) is 80.2 cm³/mol. The molecule has 0 aliphatic rings. The third-order valence-corrected chi connectivity index (χ3v) is 2.59. The van der Waals surface area contributed by atoms with E-state index in [9.17, 15) is 0 Å². The van der Waals surface area contributed by atoms with E-state index in [-0.39, 0.29) is 5.54 Å². The van der Waals surface area contributed by atoms with E-state index >= 15 is 0 Å². The van der Waals surface area contributed by atoms with Crippen LogP contribution in [0.1, 0.15) is 40.3 Å². The Balaban J connectivity index is 2.52. The summed E-state index contributed by atoms with van der Waals surface area (Å²) in [6.07, 6.45) is 9.72. The van der Waals surface area contributed by atoms with Gasteiger partial charge in [0.25, 0.3) is 0 Å². The van der Waals surface area contributed by atoms with E-state index in [4.69, 9.17) is 0 Å². The lowest BCUT2D eigenvalue weighted by Gasteiger charge is -2.22. The second-order valence-electron chi connectivity index (χ2n) is 6.13. The molecule has 2 aromatic heterocycles. The van der Waals surface area contributed by atoms with Crippen LogP contribution < -0.4 is 5.32 Å². The monoisotopic (exact) mass is 258 g/mol. The van der Waals surface area contributed by atoms with E-state index in [1.54, 1.807) is 12.4 Å². The largest absolute Gasteiger partial charge is 0.365 e. The smallest absolute Gasteiger partial charge is 0.157 e. The van der Waals surface area contributed by atoms with Gasteiger partial charge in [-0.25, -0.2) is 4.98 Å². The first-order valence-electron chi connectivity index (χ1n) is 6.65. The highest BCUT2D eigenvalue weighted by Gasteiger charge is 2.16.